The molecule has 0 bridgehead atoms. The Labute approximate surface area is 105 Å². The first-order chi connectivity index (χ1) is 8.15. The molecule has 0 aliphatic carbocycles. The van der Waals surface area contributed by atoms with Crippen LogP contribution < -0.4 is 10.6 Å². The minimum Gasteiger partial charge on any atom is -0.352 e. The molecular formula is C13H27N3O. The van der Waals surface area contributed by atoms with Crippen molar-refractivity contribution in [1.82, 2.24) is 15.5 Å². The van der Waals surface area contributed by atoms with Crippen molar-refractivity contribution in [3.05, 3.63) is 0 Å². The monoisotopic (exact) mass is 241 g/mol. The highest BCUT2D eigenvalue weighted by molar-refractivity contribution is 5.76. The molecule has 1 amide bonds. The Balaban J connectivity index is 2.20. The molecule has 17 heavy (non-hydrogen) atoms. The topological polar surface area (TPSA) is 44.4 Å². The Morgan fingerprint density at radius 3 is 2.71 bits per heavy atom. The molecule has 4 heteroatoms. The lowest BCUT2D eigenvalue weighted by molar-refractivity contribution is -0.122. The first-order valence-electron chi connectivity index (χ1n) is 6.88. The SMILES string of the molecule is CCN(CC)CC(C)NC(=O)CC1CCNC1. The van der Waals surface area contributed by atoms with E-state index in [1.165, 1.54) is 0 Å². The summed E-state index contributed by atoms with van der Waals surface area (Å²) in [6.45, 7) is 11.5. The lowest BCUT2D eigenvalue weighted by atomic mass is 10.0. The van der Waals surface area contributed by atoms with Crippen molar-refractivity contribution < 1.29 is 4.79 Å². The summed E-state index contributed by atoms with van der Waals surface area (Å²) < 4.78 is 0. The van der Waals surface area contributed by atoms with E-state index in [4.69, 9.17) is 0 Å². The summed E-state index contributed by atoms with van der Waals surface area (Å²) >= 11 is 0. The van der Waals surface area contributed by atoms with Crippen molar-refractivity contribution in [1.29, 1.82) is 0 Å². The van der Waals surface area contributed by atoms with E-state index in [1.807, 2.05) is 0 Å². The summed E-state index contributed by atoms with van der Waals surface area (Å²) in [6.07, 6.45) is 1.81. The highest BCUT2D eigenvalue weighted by Gasteiger charge is 2.19. The quantitative estimate of drug-likeness (QED) is 0.694. The second kappa shape index (κ2) is 7.67. The van der Waals surface area contributed by atoms with E-state index in [9.17, 15) is 4.79 Å². The van der Waals surface area contributed by atoms with Crippen molar-refractivity contribution in [2.45, 2.75) is 39.7 Å². The molecule has 1 aliphatic rings. The molecular weight excluding hydrogens is 214 g/mol. The van der Waals surface area contributed by atoms with Crippen molar-refractivity contribution in [3.63, 3.8) is 0 Å². The van der Waals surface area contributed by atoms with Crippen LogP contribution in [-0.2, 0) is 4.79 Å². The molecule has 1 rings (SSSR count). The molecule has 0 saturated carbocycles. The van der Waals surface area contributed by atoms with Crippen LogP contribution in [0.3, 0.4) is 0 Å². The van der Waals surface area contributed by atoms with E-state index >= 15 is 0 Å². The predicted octanol–water partition coefficient (Wildman–Crippen LogP) is 0.833. The van der Waals surface area contributed by atoms with Crippen LogP contribution >= 0.6 is 0 Å². The average molecular weight is 241 g/mol. The maximum absolute atomic E-state index is 11.8. The van der Waals surface area contributed by atoms with Crippen LogP contribution in [0.2, 0.25) is 0 Å². The molecule has 1 saturated heterocycles. The van der Waals surface area contributed by atoms with E-state index in [-0.39, 0.29) is 11.9 Å². The fourth-order valence-electron chi connectivity index (χ4n) is 2.40. The van der Waals surface area contributed by atoms with Gasteiger partial charge in [0.25, 0.3) is 0 Å². The van der Waals surface area contributed by atoms with E-state index in [0.717, 1.165) is 39.1 Å². The zero-order valence-electron chi connectivity index (χ0n) is 11.5. The molecule has 1 fully saturated rings. The van der Waals surface area contributed by atoms with Crippen molar-refractivity contribution in [2.24, 2.45) is 5.92 Å². The molecule has 2 unspecified atom stereocenters. The molecule has 2 N–H and O–H groups in total. The van der Waals surface area contributed by atoms with Gasteiger partial charge >= 0.3 is 0 Å². The van der Waals surface area contributed by atoms with Gasteiger partial charge in [-0.05, 0) is 45.4 Å². The van der Waals surface area contributed by atoms with Gasteiger partial charge in [-0.3, -0.25) is 4.79 Å². The fraction of sp³-hybridized carbons (Fsp3) is 0.923. The van der Waals surface area contributed by atoms with Gasteiger partial charge in [0.2, 0.25) is 5.91 Å². The molecule has 100 valence electrons. The van der Waals surface area contributed by atoms with Crippen molar-refractivity contribution in [3.8, 4) is 0 Å². The van der Waals surface area contributed by atoms with E-state index in [2.05, 4.69) is 36.3 Å². The standard InChI is InChI=1S/C13H27N3O/c1-4-16(5-2)10-11(3)15-13(17)8-12-6-7-14-9-12/h11-12,14H,4-10H2,1-3H3,(H,15,17). The van der Waals surface area contributed by atoms with Crippen molar-refractivity contribution >= 4 is 5.91 Å². The second-order valence-electron chi connectivity index (χ2n) is 5.02. The van der Waals surface area contributed by atoms with E-state index in [1.54, 1.807) is 0 Å². The first-order valence-corrected chi connectivity index (χ1v) is 6.88. The molecule has 1 aliphatic heterocycles. The minimum absolute atomic E-state index is 0.207. The summed E-state index contributed by atoms with van der Waals surface area (Å²) in [5.74, 6) is 0.744. The molecule has 2 atom stereocenters. The maximum Gasteiger partial charge on any atom is 0.220 e. The Bertz CT molecular complexity index is 223. The molecule has 0 radical (unpaired) electrons. The van der Waals surface area contributed by atoms with Crippen LogP contribution in [0.15, 0.2) is 0 Å². The highest BCUT2D eigenvalue weighted by atomic mass is 16.1. The Morgan fingerprint density at radius 2 is 2.18 bits per heavy atom. The Kier molecular flexibility index (Phi) is 6.52. The van der Waals surface area contributed by atoms with E-state index in [0.29, 0.717) is 12.3 Å². The molecule has 0 aromatic heterocycles. The van der Waals surface area contributed by atoms with Gasteiger partial charge in [0, 0.05) is 19.0 Å². The number of carbonyl (C=O) groups excluding carboxylic acids is 1. The number of carbonyl (C=O) groups is 1. The highest BCUT2D eigenvalue weighted by Crippen LogP contribution is 2.11. The molecule has 0 aromatic rings. The molecule has 1 heterocycles. The summed E-state index contributed by atoms with van der Waals surface area (Å²) in [5, 5.41) is 6.39. The number of nitrogens with one attached hydrogen (secondary N) is 2. The third-order valence-electron chi connectivity index (χ3n) is 3.47. The number of likely N-dealkylation sites (N-methyl/N-ethyl adjacent to an activating group) is 1. The van der Waals surface area contributed by atoms with Gasteiger partial charge in [0.15, 0.2) is 0 Å². The third kappa shape index (κ3) is 5.50. The van der Waals surface area contributed by atoms with Crippen LogP contribution in [0.5, 0.6) is 0 Å². The zero-order valence-corrected chi connectivity index (χ0v) is 11.5. The number of rotatable bonds is 7. The number of amides is 1. The summed E-state index contributed by atoms with van der Waals surface area (Å²) in [5.41, 5.74) is 0. The Morgan fingerprint density at radius 1 is 1.47 bits per heavy atom. The van der Waals surface area contributed by atoms with Gasteiger partial charge in [-0.2, -0.15) is 0 Å². The van der Waals surface area contributed by atoms with Gasteiger partial charge in [0.1, 0.15) is 0 Å². The van der Waals surface area contributed by atoms with Gasteiger partial charge in [-0.1, -0.05) is 13.8 Å². The number of hydrogen-bond acceptors (Lipinski definition) is 3. The average Bonchev–Trinajstić information content (AvgIpc) is 2.78. The lowest BCUT2D eigenvalue weighted by Crippen LogP contribution is -2.42. The third-order valence-corrected chi connectivity index (χ3v) is 3.47. The van der Waals surface area contributed by atoms with Crippen molar-refractivity contribution in [2.75, 3.05) is 32.7 Å². The second-order valence-corrected chi connectivity index (χ2v) is 5.02. The normalized spacial score (nSPS) is 21.8. The Hall–Kier alpha value is -0.610. The number of hydrogen-bond donors (Lipinski definition) is 2. The molecule has 0 aromatic carbocycles. The lowest BCUT2D eigenvalue weighted by Gasteiger charge is -2.23. The summed E-state index contributed by atoms with van der Waals surface area (Å²) in [4.78, 5) is 14.1. The number of nitrogens with zero attached hydrogens (tertiary/aromatic N) is 1. The van der Waals surface area contributed by atoms with Crippen LogP contribution in [0.1, 0.15) is 33.6 Å². The van der Waals surface area contributed by atoms with Gasteiger partial charge < -0.3 is 15.5 Å². The fourth-order valence-corrected chi connectivity index (χ4v) is 2.40. The van der Waals surface area contributed by atoms with Crippen LogP contribution in [0.25, 0.3) is 0 Å². The smallest absolute Gasteiger partial charge is 0.220 e. The van der Waals surface area contributed by atoms with Gasteiger partial charge in [0.05, 0.1) is 0 Å². The first kappa shape index (κ1) is 14.5. The zero-order chi connectivity index (χ0) is 12.7. The summed E-state index contributed by atoms with van der Waals surface area (Å²) in [6, 6.07) is 0.247. The minimum atomic E-state index is 0.207. The summed E-state index contributed by atoms with van der Waals surface area (Å²) in [7, 11) is 0. The van der Waals surface area contributed by atoms with Gasteiger partial charge in [-0.25, -0.2) is 0 Å². The predicted molar refractivity (Wildman–Crippen MR) is 71.0 cm³/mol. The van der Waals surface area contributed by atoms with Crippen LogP contribution in [0.4, 0.5) is 0 Å². The van der Waals surface area contributed by atoms with Crippen LogP contribution in [-0.4, -0.2) is 49.6 Å². The maximum atomic E-state index is 11.8. The molecule has 0 spiro atoms. The molecule has 4 nitrogen and oxygen atoms in total. The van der Waals surface area contributed by atoms with Crippen LogP contribution in [0, 0.1) is 5.92 Å². The largest absolute Gasteiger partial charge is 0.352 e. The van der Waals surface area contributed by atoms with E-state index < -0.39 is 0 Å². The van der Waals surface area contributed by atoms with Gasteiger partial charge in [-0.15, -0.1) is 0 Å².